The maximum absolute atomic E-state index is 12.2. The molecule has 0 saturated carbocycles. The van der Waals surface area contributed by atoms with E-state index in [4.69, 9.17) is 10.3 Å². The molecule has 21 heavy (non-hydrogen) atoms. The van der Waals surface area contributed by atoms with Crippen LogP contribution in [0.25, 0.3) is 0 Å². The summed E-state index contributed by atoms with van der Waals surface area (Å²) in [5.41, 5.74) is 6.48. The first kappa shape index (κ1) is 15.7. The van der Waals surface area contributed by atoms with Crippen LogP contribution in [-0.2, 0) is 16.6 Å². The minimum atomic E-state index is -3.64. The molecular weight excluding hydrogens is 310 g/mol. The van der Waals surface area contributed by atoms with Crippen LogP contribution in [0, 0.1) is 25.7 Å². The van der Waals surface area contributed by atoms with Crippen LogP contribution in [-0.4, -0.2) is 20.1 Å². The molecule has 0 atom stereocenters. The van der Waals surface area contributed by atoms with E-state index >= 15 is 0 Å². The zero-order chi connectivity index (χ0) is 15.5. The second-order valence-corrected chi connectivity index (χ2v) is 6.99. The number of rotatable bonds is 4. The van der Waals surface area contributed by atoms with Crippen molar-refractivity contribution in [1.82, 2.24) is 9.88 Å². The van der Waals surface area contributed by atoms with E-state index in [0.717, 1.165) is 10.4 Å². The van der Waals surface area contributed by atoms with Crippen LogP contribution in [0.4, 0.5) is 0 Å². The Morgan fingerprint density at radius 2 is 2.24 bits per heavy atom. The highest BCUT2D eigenvalue weighted by atomic mass is 32.2. The Hall–Kier alpha value is -1.66. The highest BCUT2D eigenvalue weighted by Crippen LogP contribution is 2.20. The van der Waals surface area contributed by atoms with Gasteiger partial charge in [-0.15, -0.1) is 11.3 Å². The molecule has 0 fully saturated rings. The van der Waals surface area contributed by atoms with Gasteiger partial charge in [0, 0.05) is 22.4 Å². The summed E-state index contributed by atoms with van der Waals surface area (Å²) in [5, 5.41) is 5.52. The van der Waals surface area contributed by atoms with E-state index in [9.17, 15) is 8.42 Å². The third kappa shape index (κ3) is 3.71. The number of hydrogen-bond acceptors (Lipinski definition) is 6. The summed E-state index contributed by atoms with van der Waals surface area (Å²) in [5.74, 6) is 5.93. The lowest BCUT2D eigenvalue weighted by Crippen LogP contribution is -2.23. The number of nitrogens with one attached hydrogen (secondary N) is 1. The minimum absolute atomic E-state index is 0.0993. The molecular formula is C13H15N3O3S2. The summed E-state index contributed by atoms with van der Waals surface area (Å²) in [6.45, 7) is 3.65. The summed E-state index contributed by atoms with van der Waals surface area (Å²) >= 11 is 1.44. The van der Waals surface area contributed by atoms with Crippen molar-refractivity contribution in [3.05, 3.63) is 33.3 Å². The Labute approximate surface area is 127 Å². The van der Waals surface area contributed by atoms with E-state index in [0.29, 0.717) is 12.2 Å². The van der Waals surface area contributed by atoms with Gasteiger partial charge >= 0.3 is 0 Å². The van der Waals surface area contributed by atoms with Gasteiger partial charge in [0.25, 0.3) is 0 Å². The van der Waals surface area contributed by atoms with Crippen LogP contribution in [0.3, 0.4) is 0 Å². The zero-order valence-electron chi connectivity index (χ0n) is 11.6. The lowest BCUT2D eigenvalue weighted by atomic mass is 10.3. The fourth-order valence-corrected chi connectivity index (χ4v) is 3.97. The van der Waals surface area contributed by atoms with Crippen molar-refractivity contribution in [2.24, 2.45) is 5.73 Å². The average molecular weight is 325 g/mol. The molecule has 0 aromatic carbocycles. The summed E-state index contributed by atoms with van der Waals surface area (Å²) < 4.78 is 31.9. The Balaban J connectivity index is 2.11. The van der Waals surface area contributed by atoms with Gasteiger partial charge in [-0.25, -0.2) is 13.1 Å². The Kier molecular flexibility index (Phi) is 4.80. The van der Waals surface area contributed by atoms with Gasteiger partial charge in [0.1, 0.15) is 10.6 Å². The third-order valence-electron chi connectivity index (χ3n) is 2.66. The topological polar surface area (TPSA) is 98.2 Å². The van der Waals surface area contributed by atoms with Crippen molar-refractivity contribution >= 4 is 21.4 Å². The van der Waals surface area contributed by atoms with Gasteiger partial charge in [-0.1, -0.05) is 17.0 Å². The van der Waals surface area contributed by atoms with E-state index in [1.165, 1.54) is 11.3 Å². The molecule has 0 aliphatic carbocycles. The molecule has 0 saturated heterocycles. The SMILES string of the molecule is Cc1noc(C)c1S(=O)(=O)NCc1cc(C#CCN)cs1. The number of thiophene rings is 1. The normalized spacial score (nSPS) is 11.2. The van der Waals surface area contributed by atoms with Crippen LogP contribution in [0.15, 0.2) is 20.9 Å². The quantitative estimate of drug-likeness (QED) is 0.822. The summed E-state index contributed by atoms with van der Waals surface area (Å²) in [6, 6.07) is 1.84. The zero-order valence-corrected chi connectivity index (χ0v) is 13.3. The van der Waals surface area contributed by atoms with Gasteiger partial charge in [0.15, 0.2) is 5.76 Å². The first-order valence-electron chi connectivity index (χ1n) is 6.13. The van der Waals surface area contributed by atoms with Crippen molar-refractivity contribution < 1.29 is 12.9 Å². The Bertz CT molecular complexity index is 775. The van der Waals surface area contributed by atoms with Crippen molar-refractivity contribution in [1.29, 1.82) is 0 Å². The standard InChI is InChI=1S/C13H15N3O3S2/c1-9-13(10(2)19-16-9)21(17,18)15-7-12-6-11(8-20-12)4-3-5-14/h6,8,15H,5,7,14H2,1-2H3. The van der Waals surface area contributed by atoms with Gasteiger partial charge in [0.05, 0.1) is 6.54 Å². The van der Waals surface area contributed by atoms with E-state index in [1.54, 1.807) is 13.8 Å². The number of sulfonamides is 1. The van der Waals surface area contributed by atoms with E-state index in [1.807, 2.05) is 11.4 Å². The van der Waals surface area contributed by atoms with Crippen molar-refractivity contribution in [2.75, 3.05) is 6.54 Å². The summed E-state index contributed by atoms with van der Waals surface area (Å²) in [4.78, 5) is 0.967. The van der Waals surface area contributed by atoms with Gasteiger partial charge in [-0.2, -0.15) is 0 Å². The maximum atomic E-state index is 12.2. The lowest BCUT2D eigenvalue weighted by molar-refractivity contribution is 0.390. The molecule has 112 valence electrons. The van der Waals surface area contributed by atoms with E-state index < -0.39 is 10.0 Å². The molecule has 0 radical (unpaired) electrons. The molecule has 0 unspecified atom stereocenters. The lowest BCUT2D eigenvalue weighted by Gasteiger charge is -2.04. The molecule has 8 heteroatoms. The molecule has 0 aliphatic heterocycles. The third-order valence-corrected chi connectivity index (χ3v) is 5.24. The number of nitrogens with two attached hydrogens (primary N) is 1. The average Bonchev–Trinajstić information content (AvgIpc) is 3.01. The number of hydrogen-bond donors (Lipinski definition) is 2. The highest BCUT2D eigenvalue weighted by molar-refractivity contribution is 7.89. The Morgan fingerprint density at radius 3 is 2.86 bits per heavy atom. The molecule has 0 bridgehead atoms. The molecule has 0 spiro atoms. The molecule has 0 amide bonds. The summed E-state index contributed by atoms with van der Waals surface area (Å²) in [6.07, 6.45) is 0. The molecule has 0 aliphatic rings. The molecule has 2 rings (SSSR count). The van der Waals surface area contributed by atoms with Crippen LogP contribution in [0.5, 0.6) is 0 Å². The predicted octanol–water partition coefficient (Wildman–Crippen LogP) is 1.14. The fourth-order valence-electron chi connectivity index (χ4n) is 1.79. The van der Waals surface area contributed by atoms with Crippen LogP contribution in [0.1, 0.15) is 21.9 Å². The van der Waals surface area contributed by atoms with Gasteiger partial charge < -0.3 is 10.3 Å². The smallest absolute Gasteiger partial charge is 0.246 e. The predicted molar refractivity (Wildman–Crippen MR) is 80.3 cm³/mol. The largest absolute Gasteiger partial charge is 0.360 e. The number of aryl methyl sites for hydroxylation is 2. The Morgan fingerprint density at radius 1 is 1.48 bits per heavy atom. The second-order valence-electron chi connectivity index (χ2n) is 4.29. The monoisotopic (exact) mass is 325 g/mol. The number of aromatic nitrogens is 1. The van der Waals surface area contributed by atoms with Gasteiger partial charge in [-0.3, -0.25) is 0 Å². The first-order chi connectivity index (χ1) is 9.94. The van der Waals surface area contributed by atoms with Crippen molar-refractivity contribution in [3.63, 3.8) is 0 Å². The molecule has 6 nitrogen and oxygen atoms in total. The van der Waals surface area contributed by atoms with Crippen molar-refractivity contribution in [2.45, 2.75) is 25.3 Å². The maximum Gasteiger partial charge on any atom is 0.246 e. The van der Waals surface area contributed by atoms with Crippen LogP contribution < -0.4 is 10.5 Å². The van der Waals surface area contributed by atoms with Crippen molar-refractivity contribution in [3.8, 4) is 11.8 Å². The number of nitrogens with zero attached hydrogens (tertiary/aromatic N) is 1. The molecule has 2 heterocycles. The highest BCUT2D eigenvalue weighted by Gasteiger charge is 2.23. The van der Waals surface area contributed by atoms with E-state index in [-0.39, 0.29) is 17.2 Å². The molecule has 2 aromatic heterocycles. The molecule has 2 aromatic rings. The van der Waals surface area contributed by atoms with E-state index in [2.05, 4.69) is 21.7 Å². The minimum Gasteiger partial charge on any atom is -0.360 e. The molecule has 3 N–H and O–H groups in total. The van der Waals surface area contributed by atoms with Crippen LogP contribution in [0.2, 0.25) is 0 Å². The summed E-state index contributed by atoms with van der Waals surface area (Å²) in [7, 11) is -3.64. The van der Waals surface area contributed by atoms with Gasteiger partial charge in [0.2, 0.25) is 10.0 Å². The van der Waals surface area contributed by atoms with Crippen LogP contribution >= 0.6 is 11.3 Å². The fraction of sp³-hybridized carbons (Fsp3) is 0.308. The van der Waals surface area contributed by atoms with Gasteiger partial charge in [-0.05, 0) is 19.9 Å². The second kappa shape index (κ2) is 6.41. The first-order valence-corrected chi connectivity index (χ1v) is 8.49.